The van der Waals surface area contributed by atoms with E-state index in [9.17, 15) is 10.1 Å². The van der Waals surface area contributed by atoms with Gasteiger partial charge in [-0.25, -0.2) is 10.4 Å². The Bertz CT molecular complexity index is 1530. The SMILES string of the molecule is N#Cc1c(-c2ccccc2)nc(NN=Cc2c3ccccc3cc3ccccc23)[nH]c1=O. The molecule has 0 bridgehead atoms. The Hall–Kier alpha value is -4.76. The number of rotatable bonds is 4. The summed E-state index contributed by atoms with van der Waals surface area (Å²) in [4.78, 5) is 19.4. The number of aromatic nitrogens is 2. The molecule has 0 saturated heterocycles. The molecule has 0 aliphatic carbocycles. The molecule has 1 heterocycles. The van der Waals surface area contributed by atoms with Crippen molar-refractivity contribution in [3.63, 3.8) is 0 Å². The van der Waals surface area contributed by atoms with E-state index in [0.29, 0.717) is 11.3 Å². The van der Waals surface area contributed by atoms with Crippen molar-refractivity contribution in [3.05, 3.63) is 106 Å². The van der Waals surface area contributed by atoms with E-state index in [1.807, 2.05) is 48.5 Å². The van der Waals surface area contributed by atoms with Crippen LogP contribution in [-0.4, -0.2) is 16.2 Å². The lowest BCUT2D eigenvalue weighted by molar-refractivity contribution is 1.08. The molecule has 0 unspecified atom stereocenters. The number of anilines is 1. The van der Waals surface area contributed by atoms with Crippen molar-refractivity contribution in [2.45, 2.75) is 0 Å². The summed E-state index contributed by atoms with van der Waals surface area (Å²) in [6.45, 7) is 0. The van der Waals surface area contributed by atoms with E-state index in [0.717, 1.165) is 27.1 Å². The van der Waals surface area contributed by atoms with E-state index in [1.54, 1.807) is 18.3 Å². The quantitative estimate of drug-likeness (QED) is 0.244. The van der Waals surface area contributed by atoms with Gasteiger partial charge in [-0.05, 0) is 27.6 Å². The standard InChI is InChI=1S/C26H17N5O/c27-15-22-24(17-8-2-1-3-9-17)29-26(30-25(22)32)31-28-16-23-20-12-6-4-10-18(20)14-19-11-5-7-13-21(19)23/h1-14,16H,(H2,29,30,31,32). The third-order valence-electron chi connectivity index (χ3n) is 5.26. The van der Waals surface area contributed by atoms with E-state index in [2.05, 4.69) is 50.8 Å². The van der Waals surface area contributed by atoms with Gasteiger partial charge >= 0.3 is 0 Å². The minimum atomic E-state index is -0.519. The average Bonchev–Trinajstić information content (AvgIpc) is 2.84. The Balaban J connectivity index is 1.56. The van der Waals surface area contributed by atoms with E-state index in [4.69, 9.17) is 0 Å². The predicted molar refractivity (Wildman–Crippen MR) is 128 cm³/mol. The van der Waals surface area contributed by atoms with E-state index >= 15 is 0 Å². The molecule has 5 rings (SSSR count). The summed E-state index contributed by atoms with van der Waals surface area (Å²) in [5, 5.41) is 18.1. The summed E-state index contributed by atoms with van der Waals surface area (Å²) < 4.78 is 0. The zero-order chi connectivity index (χ0) is 21.9. The van der Waals surface area contributed by atoms with Crippen molar-refractivity contribution >= 4 is 33.7 Å². The third kappa shape index (κ3) is 3.48. The Labute approximate surface area is 183 Å². The van der Waals surface area contributed by atoms with Crippen LogP contribution in [0.1, 0.15) is 11.1 Å². The lowest BCUT2D eigenvalue weighted by atomic mass is 9.97. The fourth-order valence-electron chi connectivity index (χ4n) is 3.78. The molecule has 0 saturated carbocycles. The molecule has 152 valence electrons. The normalized spacial score (nSPS) is 11.1. The Kier molecular flexibility index (Phi) is 4.91. The summed E-state index contributed by atoms with van der Waals surface area (Å²) in [5.41, 5.74) is 4.22. The fourth-order valence-corrected chi connectivity index (χ4v) is 3.78. The van der Waals surface area contributed by atoms with Crippen LogP contribution < -0.4 is 11.0 Å². The molecule has 0 fully saturated rings. The Morgan fingerprint density at radius 3 is 2.19 bits per heavy atom. The molecule has 32 heavy (non-hydrogen) atoms. The zero-order valence-electron chi connectivity index (χ0n) is 16.9. The molecule has 6 heteroatoms. The molecule has 5 aromatic rings. The van der Waals surface area contributed by atoms with E-state index in [1.165, 1.54) is 0 Å². The minimum absolute atomic E-state index is 0.0363. The maximum Gasteiger partial charge on any atom is 0.270 e. The second-order valence-corrected chi connectivity index (χ2v) is 7.22. The number of nitrogens with one attached hydrogen (secondary N) is 2. The first kappa shape index (κ1) is 19.2. The van der Waals surface area contributed by atoms with E-state index < -0.39 is 5.56 Å². The number of nitriles is 1. The van der Waals surface area contributed by atoms with Gasteiger partial charge in [0, 0.05) is 11.1 Å². The van der Waals surface area contributed by atoms with Crippen LogP contribution >= 0.6 is 0 Å². The van der Waals surface area contributed by atoms with Crippen LogP contribution in [0.25, 0.3) is 32.8 Å². The van der Waals surface area contributed by atoms with Gasteiger partial charge in [-0.3, -0.25) is 9.78 Å². The van der Waals surface area contributed by atoms with Crippen molar-refractivity contribution in [2.24, 2.45) is 5.10 Å². The summed E-state index contributed by atoms with van der Waals surface area (Å²) in [6.07, 6.45) is 1.73. The molecule has 0 spiro atoms. The number of H-pyrrole nitrogens is 1. The number of hydrogen-bond acceptors (Lipinski definition) is 5. The first-order valence-corrected chi connectivity index (χ1v) is 10.0. The lowest BCUT2D eigenvalue weighted by Gasteiger charge is -2.08. The molecule has 1 aromatic heterocycles. The van der Waals surface area contributed by atoms with Gasteiger partial charge in [-0.1, -0.05) is 78.9 Å². The van der Waals surface area contributed by atoms with Crippen LogP contribution in [-0.2, 0) is 0 Å². The van der Waals surface area contributed by atoms with Crippen LogP contribution in [0.5, 0.6) is 0 Å². The monoisotopic (exact) mass is 415 g/mol. The van der Waals surface area contributed by atoms with Crippen molar-refractivity contribution in [2.75, 3.05) is 5.43 Å². The van der Waals surface area contributed by atoms with Gasteiger partial charge in [0.05, 0.1) is 11.9 Å². The van der Waals surface area contributed by atoms with Gasteiger partial charge in [0.2, 0.25) is 5.95 Å². The van der Waals surface area contributed by atoms with Gasteiger partial charge in [-0.2, -0.15) is 10.4 Å². The number of hydrazone groups is 1. The maximum atomic E-state index is 12.4. The summed E-state index contributed by atoms with van der Waals surface area (Å²) in [6, 6.07) is 29.5. The highest BCUT2D eigenvalue weighted by Crippen LogP contribution is 2.27. The molecule has 0 atom stereocenters. The van der Waals surface area contributed by atoms with Crippen LogP contribution in [0, 0.1) is 11.3 Å². The molecule has 6 nitrogen and oxygen atoms in total. The van der Waals surface area contributed by atoms with Gasteiger partial charge in [0.1, 0.15) is 11.6 Å². The van der Waals surface area contributed by atoms with Gasteiger partial charge < -0.3 is 0 Å². The average molecular weight is 415 g/mol. The van der Waals surface area contributed by atoms with Crippen LogP contribution in [0.4, 0.5) is 5.95 Å². The Morgan fingerprint density at radius 1 is 0.906 bits per heavy atom. The number of benzene rings is 4. The maximum absolute atomic E-state index is 12.4. The molecule has 4 aromatic carbocycles. The van der Waals surface area contributed by atoms with Crippen molar-refractivity contribution in [3.8, 4) is 17.3 Å². The van der Waals surface area contributed by atoms with Crippen LogP contribution in [0.15, 0.2) is 94.8 Å². The highest BCUT2D eigenvalue weighted by atomic mass is 16.1. The van der Waals surface area contributed by atoms with Crippen molar-refractivity contribution in [1.29, 1.82) is 5.26 Å². The molecule has 0 aliphatic heterocycles. The molecule has 0 radical (unpaired) electrons. The number of nitrogens with zero attached hydrogens (tertiary/aromatic N) is 3. The first-order chi connectivity index (χ1) is 15.7. The molecule has 2 N–H and O–H groups in total. The Morgan fingerprint density at radius 2 is 1.53 bits per heavy atom. The van der Waals surface area contributed by atoms with E-state index in [-0.39, 0.29) is 11.5 Å². The topological polar surface area (TPSA) is 93.9 Å². The minimum Gasteiger partial charge on any atom is -0.290 e. The number of aromatic amines is 1. The first-order valence-electron chi connectivity index (χ1n) is 10.0. The summed E-state index contributed by atoms with van der Waals surface area (Å²) in [7, 11) is 0. The second-order valence-electron chi connectivity index (χ2n) is 7.22. The van der Waals surface area contributed by atoms with Crippen LogP contribution in [0.2, 0.25) is 0 Å². The van der Waals surface area contributed by atoms with Crippen LogP contribution in [0.3, 0.4) is 0 Å². The molecule has 0 amide bonds. The zero-order valence-corrected chi connectivity index (χ0v) is 16.9. The predicted octanol–water partition coefficient (Wildman–Crippen LogP) is 5.06. The molecule has 0 aliphatic rings. The third-order valence-corrected chi connectivity index (χ3v) is 5.26. The van der Waals surface area contributed by atoms with Gasteiger partial charge in [-0.15, -0.1) is 0 Å². The lowest BCUT2D eigenvalue weighted by Crippen LogP contribution is -2.16. The van der Waals surface area contributed by atoms with Gasteiger partial charge in [0.15, 0.2) is 0 Å². The summed E-state index contributed by atoms with van der Waals surface area (Å²) >= 11 is 0. The molecular weight excluding hydrogens is 398 g/mol. The second kappa shape index (κ2) is 8.17. The highest BCUT2D eigenvalue weighted by molar-refractivity contribution is 6.13. The van der Waals surface area contributed by atoms with Crippen molar-refractivity contribution < 1.29 is 0 Å². The van der Waals surface area contributed by atoms with Crippen molar-refractivity contribution in [1.82, 2.24) is 9.97 Å². The van der Waals surface area contributed by atoms with Gasteiger partial charge in [0.25, 0.3) is 5.56 Å². The summed E-state index contributed by atoms with van der Waals surface area (Å²) in [5.74, 6) is 0.161. The highest BCUT2D eigenvalue weighted by Gasteiger charge is 2.13. The molecular formula is C26H17N5O. The fraction of sp³-hybridized carbons (Fsp3) is 0. The number of hydrogen-bond donors (Lipinski definition) is 2. The largest absolute Gasteiger partial charge is 0.290 e. The number of fused-ring (bicyclic) bond motifs is 2. The smallest absolute Gasteiger partial charge is 0.270 e.